The summed E-state index contributed by atoms with van der Waals surface area (Å²) in [5.74, 6) is 0.824. The van der Waals surface area contributed by atoms with Gasteiger partial charge in [-0.25, -0.2) is 4.68 Å². The van der Waals surface area contributed by atoms with E-state index in [-0.39, 0.29) is 0 Å². The third-order valence-electron chi connectivity index (χ3n) is 2.76. The molecule has 0 aliphatic heterocycles. The third-order valence-corrected chi connectivity index (χ3v) is 4.69. The van der Waals surface area contributed by atoms with Gasteiger partial charge in [-0.3, -0.25) is 0 Å². The number of methoxy groups -OCH3 is 1. The van der Waals surface area contributed by atoms with Crippen LogP contribution in [0.2, 0.25) is 0 Å². The normalized spacial score (nSPS) is 10.9. The fourth-order valence-electron chi connectivity index (χ4n) is 1.89. The van der Waals surface area contributed by atoms with E-state index in [1.165, 1.54) is 4.88 Å². The van der Waals surface area contributed by atoms with Crippen molar-refractivity contribution < 1.29 is 4.74 Å². The number of hydrogen-bond donors (Lipinski definition) is 1. The van der Waals surface area contributed by atoms with Crippen molar-refractivity contribution >= 4 is 27.3 Å². The smallest absolute Gasteiger partial charge is 0.216 e. The first-order valence-corrected chi connectivity index (χ1v) is 7.29. The number of rotatable bonds is 5. The molecule has 2 aromatic heterocycles. The maximum atomic E-state index is 5.36. The van der Waals surface area contributed by atoms with Crippen LogP contribution in [0.1, 0.15) is 16.1 Å². The van der Waals surface area contributed by atoms with Crippen molar-refractivity contribution in [3.05, 3.63) is 32.1 Å². The quantitative estimate of drug-likeness (QED) is 0.916. The van der Waals surface area contributed by atoms with Gasteiger partial charge < -0.3 is 10.1 Å². The topological polar surface area (TPSA) is 39.1 Å². The largest absolute Gasteiger partial charge is 0.481 e. The van der Waals surface area contributed by atoms with Crippen molar-refractivity contribution in [2.75, 3.05) is 7.11 Å². The highest BCUT2D eigenvalue weighted by molar-refractivity contribution is 9.10. The lowest BCUT2D eigenvalue weighted by Gasteiger charge is -2.06. The first-order valence-electron chi connectivity index (χ1n) is 5.62. The number of aryl methyl sites for hydroxylation is 2. The molecule has 0 aromatic carbocycles. The molecular weight excluding hydrogens is 314 g/mol. The van der Waals surface area contributed by atoms with E-state index < -0.39 is 0 Å². The van der Waals surface area contributed by atoms with Gasteiger partial charge in [0.25, 0.3) is 0 Å². The molecule has 0 unspecified atom stereocenters. The van der Waals surface area contributed by atoms with Gasteiger partial charge in [0.2, 0.25) is 5.88 Å². The summed E-state index contributed by atoms with van der Waals surface area (Å²) in [5, 5.41) is 9.86. The van der Waals surface area contributed by atoms with E-state index in [0.717, 1.165) is 34.7 Å². The molecule has 0 amide bonds. The van der Waals surface area contributed by atoms with Crippen molar-refractivity contribution in [1.29, 1.82) is 0 Å². The number of nitrogens with one attached hydrogen (secondary N) is 1. The summed E-state index contributed by atoms with van der Waals surface area (Å²) in [6.07, 6.45) is 0. The van der Waals surface area contributed by atoms with E-state index in [2.05, 4.69) is 37.8 Å². The van der Waals surface area contributed by atoms with E-state index in [9.17, 15) is 0 Å². The third kappa shape index (κ3) is 2.76. The first kappa shape index (κ1) is 13.6. The van der Waals surface area contributed by atoms with Gasteiger partial charge in [0.05, 0.1) is 18.4 Å². The Bertz CT molecular complexity index is 535. The van der Waals surface area contributed by atoms with Crippen LogP contribution in [-0.2, 0) is 20.1 Å². The summed E-state index contributed by atoms with van der Waals surface area (Å²) in [5.41, 5.74) is 2.12. The molecule has 2 aromatic rings. The second-order valence-corrected chi connectivity index (χ2v) is 5.85. The van der Waals surface area contributed by atoms with Crippen molar-refractivity contribution in [2.45, 2.75) is 20.0 Å². The minimum absolute atomic E-state index is 0.757. The Morgan fingerprint density at radius 2 is 2.28 bits per heavy atom. The van der Waals surface area contributed by atoms with Crippen molar-refractivity contribution in [2.24, 2.45) is 7.05 Å². The fourth-order valence-corrected chi connectivity index (χ4v) is 3.35. The molecule has 98 valence electrons. The Morgan fingerprint density at radius 1 is 1.50 bits per heavy atom. The number of hydrogen-bond acceptors (Lipinski definition) is 4. The molecule has 18 heavy (non-hydrogen) atoms. The molecule has 0 saturated carbocycles. The standard InChI is InChI=1S/C12H16BrN3OS/c1-8-9(12(17-3)16(2)15-8)6-14-7-11-10(13)4-5-18-11/h4-5,14H,6-7H2,1-3H3. The van der Waals surface area contributed by atoms with E-state index in [1.54, 1.807) is 23.1 Å². The summed E-state index contributed by atoms with van der Waals surface area (Å²) in [7, 11) is 3.57. The number of halogens is 1. The van der Waals surface area contributed by atoms with Gasteiger partial charge in [0, 0.05) is 29.5 Å². The highest BCUT2D eigenvalue weighted by Crippen LogP contribution is 2.23. The summed E-state index contributed by atoms with van der Waals surface area (Å²) in [4.78, 5) is 1.30. The van der Waals surface area contributed by atoms with Crippen LogP contribution in [0.3, 0.4) is 0 Å². The zero-order chi connectivity index (χ0) is 13.1. The molecule has 0 fully saturated rings. The van der Waals surface area contributed by atoms with Gasteiger partial charge in [0.1, 0.15) is 0 Å². The Hall–Kier alpha value is -0.850. The minimum Gasteiger partial charge on any atom is -0.481 e. The van der Waals surface area contributed by atoms with Gasteiger partial charge >= 0.3 is 0 Å². The molecule has 0 aliphatic rings. The lowest BCUT2D eigenvalue weighted by Crippen LogP contribution is -2.13. The fraction of sp³-hybridized carbons (Fsp3) is 0.417. The van der Waals surface area contributed by atoms with E-state index in [0.29, 0.717) is 0 Å². The van der Waals surface area contributed by atoms with Crippen LogP contribution >= 0.6 is 27.3 Å². The predicted octanol–water partition coefficient (Wildman–Crippen LogP) is 2.85. The molecule has 0 spiro atoms. The van der Waals surface area contributed by atoms with Crippen molar-refractivity contribution in [3.63, 3.8) is 0 Å². The molecular formula is C12H16BrN3OS. The van der Waals surface area contributed by atoms with Gasteiger partial charge in [0.15, 0.2) is 0 Å². The maximum absolute atomic E-state index is 5.36. The van der Waals surface area contributed by atoms with Crippen molar-refractivity contribution in [1.82, 2.24) is 15.1 Å². The summed E-state index contributed by atoms with van der Waals surface area (Å²) in [6.45, 7) is 3.60. The SMILES string of the molecule is COc1c(CNCc2sccc2Br)c(C)nn1C. The van der Waals surface area contributed by atoms with Gasteiger partial charge in [-0.1, -0.05) is 0 Å². The average molecular weight is 330 g/mol. The van der Waals surface area contributed by atoms with Crippen molar-refractivity contribution in [3.8, 4) is 5.88 Å². The molecule has 2 heterocycles. The van der Waals surface area contributed by atoms with E-state index in [1.807, 2.05) is 14.0 Å². The average Bonchev–Trinajstić information content (AvgIpc) is 2.84. The highest BCUT2D eigenvalue weighted by Gasteiger charge is 2.13. The first-order chi connectivity index (χ1) is 8.63. The molecule has 4 nitrogen and oxygen atoms in total. The Morgan fingerprint density at radius 3 is 2.89 bits per heavy atom. The second kappa shape index (κ2) is 5.86. The van der Waals surface area contributed by atoms with Crippen LogP contribution in [0.15, 0.2) is 15.9 Å². The number of ether oxygens (including phenoxy) is 1. The molecule has 0 saturated heterocycles. The summed E-state index contributed by atoms with van der Waals surface area (Å²) >= 11 is 5.27. The lowest BCUT2D eigenvalue weighted by molar-refractivity contribution is 0.368. The van der Waals surface area contributed by atoms with Crippen LogP contribution in [0.5, 0.6) is 5.88 Å². The molecule has 0 radical (unpaired) electrons. The van der Waals surface area contributed by atoms with E-state index in [4.69, 9.17) is 4.74 Å². The van der Waals surface area contributed by atoms with Gasteiger partial charge in [-0.05, 0) is 34.3 Å². The number of thiophene rings is 1. The molecule has 1 N–H and O–H groups in total. The van der Waals surface area contributed by atoms with Crippen LogP contribution in [0.25, 0.3) is 0 Å². The molecule has 6 heteroatoms. The maximum Gasteiger partial charge on any atom is 0.216 e. The van der Waals surface area contributed by atoms with E-state index >= 15 is 0 Å². The Kier molecular flexibility index (Phi) is 4.42. The van der Waals surface area contributed by atoms with Gasteiger partial charge in [-0.15, -0.1) is 11.3 Å². The lowest BCUT2D eigenvalue weighted by atomic mass is 10.2. The van der Waals surface area contributed by atoms with Crippen LogP contribution in [-0.4, -0.2) is 16.9 Å². The Labute approximate surface area is 119 Å². The second-order valence-electron chi connectivity index (χ2n) is 3.99. The highest BCUT2D eigenvalue weighted by atomic mass is 79.9. The Balaban J connectivity index is 2.00. The number of nitrogens with zero attached hydrogens (tertiary/aromatic N) is 2. The van der Waals surface area contributed by atoms with Crippen LogP contribution < -0.4 is 10.1 Å². The zero-order valence-electron chi connectivity index (χ0n) is 10.7. The van der Waals surface area contributed by atoms with Gasteiger partial charge in [-0.2, -0.15) is 5.10 Å². The summed E-state index contributed by atoms with van der Waals surface area (Å²) in [6, 6.07) is 2.07. The number of aromatic nitrogens is 2. The minimum atomic E-state index is 0.757. The zero-order valence-corrected chi connectivity index (χ0v) is 13.1. The molecule has 0 bridgehead atoms. The van der Waals surface area contributed by atoms with Crippen LogP contribution in [0.4, 0.5) is 0 Å². The molecule has 2 rings (SSSR count). The van der Waals surface area contributed by atoms with Crippen LogP contribution in [0, 0.1) is 6.92 Å². The predicted molar refractivity (Wildman–Crippen MR) is 77.1 cm³/mol. The monoisotopic (exact) mass is 329 g/mol. The molecule has 0 aliphatic carbocycles. The summed E-state index contributed by atoms with van der Waals surface area (Å²) < 4.78 is 8.30. The molecule has 0 atom stereocenters.